The Morgan fingerprint density at radius 2 is 1.91 bits per heavy atom. The molecule has 0 aliphatic carbocycles. The van der Waals surface area contributed by atoms with Gasteiger partial charge >= 0.3 is 17.9 Å². The molecule has 0 fully saturated rings. The molecule has 0 aromatic heterocycles. The number of amides is 1. The molecule has 1 atom stereocenters. The number of benzene rings is 1. The standard InChI is InChI=1S/C13H9N3O7/c1-7-6-10(11(16(21)22)12(17)14-7)23-13(18)8-4-2-3-5-9(8)15(19)20/h2-6,11H,1H3. The van der Waals surface area contributed by atoms with E-state index in [-0.39, 0.29) is 11.3 Å². The number of hydrogen-bond donors (Lipinski definition) is 0. The van der Waals surface area contributed by atoms with Gasteiger partial charge in [-0.1, -0.05) is 12.1 Å². The Morgan fingerprint density at radius 1 is 1.26 bits per heavy atom. The molecule has 0 N–H and O–H groups in total. The van der Waals surface area contributed by atoms with Gasteiger partial charge in [-0.15, -0.1) is 0 Å². The first kappa shape index (κ1) is 15.9. The summed E-state index contributed by atoms with van der Waals surface area (Å²) >= 11 is 0. The molecular formula is C13H9N3O7. The van der Waals surface area contributed by atoms with E-state index in [1.165, 1.54) is 19.1 Å². The first-order chi connectivity index (χ1) is 10.8. The number of nitro benzene ring substituents is 1. The number of aliphatic imine (C=N–C) groups is 1. The molecule has 0 saturated carbocycles. The SMILES string of the molecule is CC1=NC(=O)C([N+](=O)[O-])C(OC(=O)c2ccccc2[N+](=O)[O-])=C1. The molecule has 1 aliphatic heterocycles. The average Bonchev–Trinajstić information content (AvgIpc) is 2.45. The van der Waals surface area contributed by atoms with Gasteiger partial charge in [0.05, 0.1) is 4.92 Å². The van der Waals surface area contributed by atoms with Crippen molar-refractivity contribution in [2.45, 2.75) is 13.0 Å². The Hall–Kier alpha value is -3.43. The fraction of sp³-hybridized carbons (Fsp3) is 0.154. The van der Waals surface area contributed by atoms with Crippen LogP contribution in [0.5, 0.6) is 0 Å². The molecule has 2 rings (SSSR count). The van der Waals surface area contributed by atoms with E-state index in [2.05, 4.69) is 4.99 Å². The third-order valence-corrected chi connectivity index (χ3v) is 2.88. The number of hydrogen-bond acceptors (Lipinski definition) is 7. The van der Waals surface area contributed by atoms with Crippen molar-refractivity contribution in [2.75, 3.05) is 0 Å². The molecule has 10 heteroatoms. The number of para-hydroxylation sites is 1. The minimum Gasteiger partial charge on any atom is -0.419 e. The maximum atomic E-state index is 12.1. The highest BCUT2D eigenvalue weighted by Crippen LogP contribution is 2.22. The fourth-order valence-corrected chi connectivity index (χ4v) is 1.92. The van der Waals surface area contributed by atoms with Gasteiger partial charge in [-0.05, 0) is 13.0 Å². The summed E-state index contributed by atoms with van der Waals surface area (Å²) in [4.78, 5) is 47.2. The molecule has 1 unspecified atom stereocenters. The summed E-state index contributed by atoms with van der Waals surface area (Å²) in [5.41, 5.74) is -0.769. The Kier molecular flexibility index (Phi) is 4.25. The maximum Gasteiger partial charge on any atom is 0.350 e. The predicted octanol–water partition coefficient (Wildman–Crippen LogP) is 1.28. The lowest BCUT2D eigenvalue weighted by Crippen LogP contribution is -2.35. The largest absolute Gasteiger partial charge is 0.419 e. The number of nitrogens with zero attached hydrogens (tertiary/aromatic N) is 3. The van der Waals surface area contributed by atoms with Gasteiger partial charge < -0.3 is 4.74 Å². The van der Waals surface area contributed by atoms with Crippen molar-refractivity contribution in [1.82, 2.24) is 0 Å². The van der Waals surface area contributed by atoms with Crippen molar-refractivity contribution in [1.29, 1.82) is 0 Å². The zero-order valence-electron chi connectivity index (χ0n) is 11.7. The summed E-state index contributed by atoms with van der Waals surface area (Å²) < 4.78 is 4.86. The average molecular weight is 319 g/mol. The number of rotatable bonds is 4. The van der Waals surface area contributed by atoms with Crippen LogP contribution in [0.1, 0.15) is 17.3 Å². The van der Waals surface area contributed by atoms with E-state index in [0.29, 0.717) is 0 Å². The van der Waals surface area contributed by atoms with Crippen LogP contribution in [-0.4, -0.2) is 33.5 Å². The van der Waals surface area contributed by atoms with Crippen LogP contribution < -0.4 is 0 Å². The van der Waals surface area contributed by atoms with Gasteiger partial charge in [0.15, 0.2) is 5.76 Å². The van der Waals surface area contributed by atoms with E-state index in [4.69, 9.17) is 4.74 Å². The summed E-state index contributed by atoms with van der Waals surface area (Å²) in [5.74, 6) is -2.78. The van der Waals surface area contributed by atoms with Gasteiger partial charge in [0, 0.05) is 22.8 Å². The first-order valence-electron chi connectivity index (χ1n) is 6.21. The van der Waals surface area contributed by atoms with Crippen LogP contribution in [0.25, 0.3) is 0 Å². The normalized spacial score (nSPS) is 17.1. The first-order valence-corrected chi connectivity index (χ1v) is 6.21. The Morgan fingerprint density at radius 3 is 2.52 bits per heavy atom. The molecule has 1 heterocycles. The number of esters is 1. The van der Waals surface area contributed by atoms with Crippen molar-refractivity contribution in [3.8, 4) is 0 Å². The maximum absolute atomic E-state index is 12.1. The van der Waals surface area contributed by atoms with Crippen LogP contribution in [0.2, 0.25) is 0 Å². The summed E-state index contributed by atoms with van der Waals surface area (Å²) in [6.45, 7) is 1.40. The number of nitro groups is 2. The van der Waals surface area contributed by atoms with Gasteiger partial charge in [-0.3, -0.25) is 25.0 Å². The second-order valence-electron chi connectivity index (χ2n) is 4.49. The molecule has 10 nitrogen and oxygen atoms in total. The number of ether oxygens (including phenoxy) is 1. The van der Waals surface area contributed by atoms with Crippen molar-refractivity contribution < 1.29 is 24.2 Å². The summed E-state index contributed by atoms with van der Waals surface area (Å²) in [6.07, 6.45) is 1.07. The number of allylic oxidation sites excluding steroid dienone is 1. The highest BCUT2D eigenvalue weighted by Gasteiger charge is 2.40. The number of carbonyl (C=O) groups excluding carboxylic acids is 2. The smallest absolute Gasteiger partial charge is 0.350 e. The van der Waals surface area contributed by atoms with Crippen LogP contribution in [-0.2, 0) is 9.53 Å². The van der Waals surface area contributed by atoms with Gasteiger partial charge in [-0.2, -0.15) is 0 Å². The summed E-state index contributed by atoms with van der Waals surface area (Å²) in [7, 11) is 0. The predicted molar refractivity (Wildman–Crippen MR) is 75.5 cm³/mol. The van der Waals surface area contributed by atoms with E-state index >= 15 is 0 Å². The molecule has 1 aromatic rings. The Bertz CT molecular complexity index is 782. The second kappa shape index (κ2) is 6.13. The van der Waals surface area contributed by atoms with Gasteiger partial charge in [0.1, 0.15) is 5.56 Å². The molecule has 0 radical (unpaired) electrons. The third-order valence-electron chi connectivity index (χ3n) is 2.88. The molecule has 0 spiro atoms. The molecule has 0 bridgehead atoms. The summed E-state index contributed by atoms with van der Waals surface area (Å²) in [6, 6.07) is 3.02. The third kappa shape index (κ3) is 3.26. The topological polar surface area (TPSA) is 142 Å². The van der Waals surface area contributed by atoms with E-state index in [0.717, 1.165) is 18.2 Å². The van der Waals surface area contributed by atoms with Crippen LogP contribution in [0.3, 0.4) is 0 Å². The van der Waals surface area contributed by atoms with Gasteiger partial charge in [0.25, 0.3) is 5.69 Å². The number of dihydropyridines is 1. The molecule has 1 aromatic carbocycles. The highest BCUT2D eigenvalue weighted by molar-refractivity contribution is 6.07. The minimum atomic E-state index is -1.95. The van der Waals surface area contributed by atoms with Crippen LogP contribution in [0.4, 0.5) is 5.69 Å². The molecule has 118 valence electrons. The fourth-order valence-electron chi connectivity index (χ4n) is 1.92. The van der Waals surface area contributed by atoms with Crippen molar-refractivity contribution in [2.24, 2.45) is 4.99 Å². The molecule has 1 aliphatic rings. The van der Waals surface area contributed by atoms with E-state index in [1.54, 1.807) is 0 Å². The van der Waals surface area contributed by atoms with Crippen molar-refractivity contribution >= 4 is 23.3 Å². The highest BCUT2D eigenvalue weighted by atomic mass is 16.6. The van der Waals surface area contributed by atoms with E-state index in [1.807, 2.05) is 0 Å². The molecule has 23 heavy (non-hydrogen) atoms. The summed E-state index contributed by atoms with van der Waals surface area (Å²) in [5, 5.41) is 21.8. The van der Waals surface area contributed by atoms with Crippen LogP contribution in [0.15, 0.2) is 41.1 Å². The molecular weight excluding hydrogens is 310 g/mol. The van der Waals surface area contributed by atoms with Crippen molar-refractivity contribution in [3.05, 3.63) is 61.9 Å². The number of carbonyl (C=O) groups is 2. The van der Waals surface area contributed by atoms with E-state index in [9.17, 15) is 29.8 Å². The minimum absolute atomic E-state index is 0.124. The van der Waals surface area contributed by atoms with Crippen molar-refractivity contribution in [3.63, 3.8) is 0 Å². The van der Waals surface area contributed by atoms with E-state index < -0.39 is 39.2 Å². The zero-order valence-corrected chi connectivity index (χ0v) is 11.7. The van der Waals surface area contributed by atoms with Crippen LogP contribution >= 0.6 is 0 Å². The Balaban J connectivity index is 2.36. The van der Waals surface area contributed by atoms with Gasteiger partial charge in [-0.25, -0.2) is 9.79 Å². The lowest BCUT2D eigenvalue weighted by molar-refractivity contribution is -0.501. The second-order valence-corrected chi connectivity index (χ2v) is 4.49. The molecule has 1 amide bonds. The zero-order chi connectivity index (χ0) is 17.1. The lowest BCUT2D eigenvalue weighted by Gasteiger charge is -2.14. The molecule has 0 saturated heterocycles. The van der Waals surface area contributed by atoms with Gasteiger partial charge in [0.2, 0.25) is 0 Å². The lowest BCUT2D eigenvalue weighted by atomic mass is 10.1. The quantitative estimate of drug-likeness (QED) is 0.462. The van der Waals surface area contributed by atoms with Crippen LogP contribution in [0, 0.1) is 20.2 Å². The Labute approximate surface area is 128 Å². The monoisotopic (exact) mass is 319 g/mol.